The highest BCUT2D eigenvalue weighted by Crippen LogP contribution is 2.37. The summed E-state index contributed by atoms with van der Waals surface area (Å²) < 4.78 is 21.2. The Morgan fingerprint density at radius 1 is 1.10 bits per heavy atom. The molecule has 0 spiro atoms. The number of hydrogen-bond donors (Lipinski definition) is 0. The summed E-state index contributed by atoms with van der Waals surface area (Å²) in [4.78, 5) is 10.7. The summed E-state index contributed by atoms with van der Waals surface area (Å²) in [7, 11) is 1.66. The first-order chi connectivity index (χ1) is 14.7. The second-order valence-corrected chi connectivity index (χ2v) is 7.67. The molecule has 1 aliphatic rings. The SMILES string of the molecule is COc1ccc2c(c1)c1nc(Cl)c3ccccc3c1n2CCCN1C=C(F)C=NC1. The van der Waals surface area contributed by atoms with E-state index in [1.807, 2.05) is 35.2 Å². The molecule has 0 N–H and O–H groups in total. The molecule has 2 aromatic heterocycles. The van der Waals surface area contributed by atoms with Crippen molar-refractivity contribution in [3.05, 3.63) is 59.6 Å². The minimum Gasteiger partial charge on any atom is -0.497 e. The number of fused-ring (bicyclic) bond motifs is 5. The quantitative estimate of drug-likeness (QED) is 0.396. The van der Waals surface area contributed by atoms with Gasteiger partial charge in [0.15, 0.2) is 5.83 Å². The largest absolute Gasteiger partial charge is 0.497 e. The van der Waals surface area contributed by atoms with E-state index in [-0.39, 0.29) is 5.83 Å². The minimum absolute atomic E-state index is 0.310. The summed E-state index contributed by atoms with van der Waals surface area (Å²) in [5, 5.41) is 3.49. The summed E-state index contributed by atoms with van der Waals surface area (Å²) in [6.07, 6.45) is 3.61. The second kappa shape index (κ2) is 7.61. The molecule has 2 aromatic carbocycles. The molecular formula is C23H20ClFN4O. The molecule has 3 heterocycles. The Bertz CT molecular complexity index is 1330. The average molecular weight is 423 g/mol. The number of aliphatic imine (C=N–C) groups is 1. The Kier molecular flexibility index (Phi) is 4.79. The number of halogens is 2. The first-order valence-corrected chi connectivity index (χ1v) is 10.2. The second-order valence-electron chi connectivity index (χ2n) is 7.31. The topological polar surface area (TPSA) is 42.6 Å². The Morgan fingerprint density at radius 2 is 1.93 bits per heavy atom. The summed E-state index contributed by atoms with van der Waals surface area (Å²) >= 11 is 6.53. The third-order valence-corrected chi connectivity index (χ3v) is 5.76. The van der Waals surface area contributed by atoms with E-state index >= 15 is 0 Å². The maximum atomic E-state index is 13.5. The number of benzene rings is 2. The van der Waals surface area contributed by atoms with E-state index in [0.717, 1.165) is 51.4 Å². The van der Waals surface area contributed by atoms with Crippen LogP contribution in [0.15, 0.2) is 59.5 Å². The summed E-state index contributed by atoms with van der Waals surface area (Å²) in [6.45, 7) is 1.95. The zero-order chi connectivity index (χ0) is 20.7. The lowest BCUT2D eigenvalue weighted by Crippen LogP contribution is -2.23. The van der Waals surface area contributed by atoms with Gasteiger partial charge in [0.2, 0.25) is 0 Å². The molecule has 0 fully saturated rings. The first kappa shape index (κ1) is 18.9. The van der Waals surface area contributed by atoms with Gasteiger partial charge in [-0.1, -0.05) is 35.9 Å². The van der Waals surface area contributed by atoms with Crippen LogP contribution in [0.25, 0.3) is 32.7 Å². The third kappa shape index (κ3) is 3.17. The Labute approximate surface area is 178 Å². The van der Waals surface area contributed by atoms with Gasteiger partial charge in [0, 0.05) is 35.4 Å². The van der Waals surface area contributed by atoms with Crippen LogP contribution in [0, 0.1) is 0 Å². The lowest BCUT2D eigenvalue weighted by molar-refractivity contribution is 0.359. The highest BCUT2D eigenvalue weighted by atomic mass is 35.5. The standard InChI is InChI=1S/C23H20ClFN4O/c1-30-16-7-8-20-19(11-16)21-22(17-5-2-3-6-18(17)23(24)27-21)29(20)10-4-9-28-13-15(25)12-26-14-28/h2-3,5-8,11-13H,4,9-10,14H2,1H3. The van der Waals surface area contributed by atoms with Gasteiger partial charge in [-0.2, -0.15) is 0 Å². The van der Waals surface area contributed by atoms with E-state index in [0.29, 0.717) is 18.4 Å². The van der Waals surface area contributed by atoms with E-state index < -0.39 is 0 Å². The summed E-state index contributed by atoms with van der Waals surface area (Å²) in [5.41, 5.74) is 2.99. The Morgan fingerprint density at radius 3 is 2.73 bits per heavy atom. The number of methoxy groups -OCH3 is 1. The zero-order valence-electron chi connectivity index (χ0n) is 16.5. The Balaban J connectivity index is 1.63. The molecule has 152 valence electrons. The Hall–Kier alpha value is -3.12. The molecule has 5 rings (SSSR count). The molecule has 0 saturated carbocycles. The van der Waals surface area contributed by atoms with Gasteiger partial charge in [0.05, 0.1) is 29.9 Å². The molecule has 1 aliphatic heterocycles. The van der Waals surface area contributed by atoms with Crippen LogP contribution >= 0.6 is 11.6 Å². The molecule has 4 aromatic rings. The van der Waals surface area contributed by atoms with Gasteiger partial charge in [-0.25, -0.2) is 9.37 Å². The highest BCUT2D eigenvalue weighted by Gasteiger charge is 2.17. The van der Waals surface area contributed by atoms with Crippen LogP contribution in [0.2, 0.25) is 5.15 Å². The minimum atomic E-state index is -0.310. The number of nitrogens with zero attached hydrogens (tertiary/aromatic N) is 4. The van der Waals surface area contributed by atoms with E-state index in [2.05, 4.69) is 21.7 Å². The fraction of sp³-hybridized carbons (Fsp3) is 0.217. The fourth-order valence-electron chi connectivity index (χ4n) is 4.14. The van der Waals surface area contributed by atoms with E-state index in [4.69, 9.17) is 21.3 Å². The highest BCUT2D eigenvalue weighted by molar-refractivity contribution is 6.36. The fourth-order valence-corrected chi connectivity index (χ4v) is 4.39. The molecule has 0 saturated heterocycles. The molecule has 0 amide bonds. The normalized spacial score (nSPS) is 14.1. The number of aromatic nitrogens is 2. The maximum absolute atomic E-state index is 13.5. The van der Waals surface area contributed by atoms with Crippen molar-refractivity contribution < 1.29 is 9.13 Å². The van der Waals surface area contributed by atoms with Crippen molar-refractivity contribution in [1.29, 1.82) is 0 Å². The van der Waals surface area contributed by atoms with Crippen LogP contribution in [0.4, 0.5) is 4.39 Å². The molecule has 0 radical (unpaired) electrons. The van der Waals surface area contributed by atoms with Crippen molar-refractivity contribution in [2.24, 2.45) is 4.99 Å². The first-order valence-electron chi connectivity index (χ1n) is 9.81. The average Bonchev–Trinajstić information content (AvgIpc) is 3.07. The van der Waals surface area contributed by atoms with Gasteiger partial charge in [0.1, 0.15) is 17.6 Å². The number of hydrogen-bond acceptors (Lipinski definition) is 4. The predicted octanol–water partition coefficient (Wildman–Crippen LogP) is 5.55. The molecule has 0 aliphatic carbocycles. The van der Waals surface area contributed by atoms with Crippen LogP contribution in [0.1, 0.15) is 6.42 Å². The van der Waals surface area contributed by atoms with Gasteiger partial charge >= 0.3 is 0 Å². The number of rotatable bonds is 5. The molecule has 0 unspecified atom stereocenters. The van der Waals surface area contributed by atoms with Gasteiger partial charge in [-0.3, -0.25) is 4.99 Å². The zero-order valence-corrected chi connectivity index (χ0v) is 17.2. The van der Waals surface area contributed by atoms with Gasteiger partial charge in [0.25, 0.3) is 0 Å². The van der Waals surface area contributed by atoms with Crippen LogP contribution < -0.4 is 4.74 Å². The lowest BCUT2D eigenvalue weighted by atomic mass is 10.1. The number of aryl methyl sites for hydroxylation is 1. The monoisotopic (exact) mass is 422 g/mol. The number of pyridine rings is 1. The maximum Gasteiger partial charge on any atom is 0.156 e. The van der Waals surface area contributed by atoms with E-state index in [1.165, 1.54) is 12.4 Å². The van der Waals surface area contributed by atoms with Crippen LogP contribution in [0.3, 0.4) is 0 Å². The van der Waals surface area contributed by atoms with Crippen molar-refractivity contribution >= 4 is 50.5 Å². The van der Waals surface area contributed by atoms with Crippen LogP contribution in [0.5, 0.6) is 5.75 Å². The molecule has 30 heavy (non-hydrogen) atoms. The molecule has 5 nitrogen and oxygen atoms in total. The van der Waals surface area contributed by atoms with Crippen molar-refractivity contribution in [3.63, 3.8) is 0 Å². The molecule has 0 bridgehead atoms. The summed E-state index contributed by atoms with van der Waals surface area (Å²) in [6, 6.07) is 14.1. The van der Waals surface area contributed by atoms with Gasteiger partial charge < -0.3 is 14.2 Å². The number of allylic oxidation sites excluding steroid dienone is 1. The van der Waals surface area contributed by atoms with Crippen molar-refractivity contribution in [3.8, 4) is 5.75 Å². The van der Waals surface area contributed by atoms with E-state index in [1.54, 1.807) is 7.11 Å². The number of ether oxygens (including phenoxy) is 1. The van der Waals surface area contributed by atoms with E-state index in [9.17, 15) is 4.39 Å². The van der Waals surface area contributed by atoms with Crippen molar-refractivity contribution in [1.82, 2.24) is 14.5 Å². The third-order valence-electron chi connectivity index (χ3n) is 5.47. The van der Waals surface area contributed by atoms with Crippen molar-refractivity contribution in [2.45, 2.75) is 13.0 Å². The molecule has 7 heteroatoms. The van der Waals surface area contributed by atoms with Crippen molar-refractivity contribution in [2.75, 3.05) is 20.3 Å². The van der Waals surface area contributed by atoms with Crippen LogP contribution in [-0.2, 0) is 6.54 Å². The van der Waals surface area contributed by atoms with Gasteiger partial charge in [-0.05, 0) is 24.6 Å². The summed E-state index contributed by atoms with van der Waals surface area (Å²) in [5.74, 6) is 0.467. The van der Waals surface area contributed by atoms with Gasteiger partial charge in [-0.15, -0.1) is 0 Å². The predicted molar refractivity (Wildman–Crippen MR) is 120 cm³/mol. The lowest BCUT2D eigenvalue weighted by Gasteiger charge is -2.20. The molecular weight excluding hydrogens is 403 g/mol. The molecule has 0 atom stereocenters. The smallest absolute Gasteiger partial charge is 0.156 e. The van der Waals surface area contributed by atoms with Crippen LogP contribution in [-0.4, -0.2) is 41.0 Å².